The van der Waals surface area contributed by atoms with Crippen molar-refractivity contribution in [1.29, 1.82) is 0 Å². The lowest BCUT2D eigenvalue weighted by molar-refractivity contribution is 0.150. The minimum atomic E-state index is 0.513. The summed E-state index contributed by atoms with van der Waals surface area (Å²) < 4.78 is 0. The Hall–Kier alpha value is -0.720. The van der Waals surface area contributed by atoms with Crippen molar-refractivity contribution in [2.75, 3.05) is 6.54 Å². The molecule has 0 aromatic carbocycles. The van der Waals surface area contributed by atoms with Crippen LogP contribution in [0.15, 0.2) is 23.9 Å². The van der Waals surface area contributed by atoms with E-state index < -0.39 is 0 Å². The topological polar surface area (TPSA) is 12.0 Å². The van der Waals surface area contributed by atoms with E-state index >= 15 is 0 Å². The lowest BCUT2D eigenvalue weighted by atomic mass is 9.69. The van der Waals surface area contributed by atoms with Gasteiger partial charge in [-0.3, -0.25) is 0 Å². The number of hydrogen-bond donors (Lipinski definition) is 1. The second kappa shape index (κ2) is 5.29. The number of nitrogens with one attached hydrogen (secondary N) is 1. The lowest BCUT2D eigenvalue weighted by Gasteiger charge is -2.37. The first kappa shape index (κ1) is 12.7. The monoisotopic (exact) mass is 233 g/mol. The summed E-state index contributed by atoms with van der Waals surface area (Å²) in [6, 6.07) is 0. The second-order valence-corrected chi connectivity index (χ2v) is 6.81. The highest BCUT2D eigenvalue weighted by molar-refractivity contribution is 5.22. The summed E-state index contributed by atoms with van der Waals surface area (Å²) in [5, 5.41) is 3.22. The quantitative estimate of drug-likeness (QED) is 0.751. The summed E-state index contributed by atoms with van der Waals surface area (Å²) in [5.74, 6) is 1.87. The number of dihydropyridines is 1. The molecule has 2 aliphatic rings. The minimum Gasteiger partial charge on any atom is -0.387 e. The van der Waals surface area contributed by atoms with Crippen molar-refractivity contribution in [3.8, 4) is 0 Å². The summed E-state index contributed by atoms with van der Waals surface area (Å²) in [6.45, 7) is 8.21. The molecule has 1 heterocycles. The van der Waals surface area contributed by atoms with E-state index in [1.807, 2.05) is 0 Å². The Kier molecular flexibility index (Phi) is 3.96. The van der Waals surface area contributed by atoms with Crippen LogP contribution in [-0.2, 0) is 0 Å². The molecule has 1 nitrogen and oxygen atoms in total. The van der Waals surface area contributed by atoms with Gasteiger partial charge in [0, 0.05) is 6.54 Å². The van der Waals surface area contributed by atoms with Crippen LogP contribution in [0.1, 0.15) is 52.9 Å². The summed E-state index contributed by atoms with van der Waals surface area (Å²) in [6.07, 6.45) is 13.7. The first-order valence-electron chi connectivity index (χ1n) is 7.14. The van der Waals surface area contributed by atoms with Gasteiger partial charge in [0.2, 0.25) is 0 Å². The predicted molar refractivity (Wildman–Crippen MR) is 74.7 cm³/mol. The molecule has 0 saturated heterocycles. The highest BCUT2D eigenvalue weighted by Crippen LogP contribution is 2.41. The molecule has 96 valence electrons. The van der Waals surface area contributed by atoms with Gasteiger partial charge in [-0.2, -0.15) is 0 Å². The Morgan fingerprint density at radius 3 is 2.41 bits per heavy atom. The maximum absolute atomic E-state index is 3.22. The molecule has 1 heteroatoms. The Morgan fingerprint density at radius 1 is 1.18 bits per heavy atom. The number of hydrogen-bond acceptors (Lipinski definition) is 1. The Labute approximate surface area is 106 Å². The van der Waals surface area contributed by atoms with Crippen LogP contribution in [0.2, 0.25) is 0 Å². The highest BCUT2D eigenvalue weighted by atomic mass is 14.8. The molecule has 1 aliphatic heterocycles. The maximum atomic E-state index is 3.22. The molecule has 17 heavy (non-hydrogen) atoms. The Morgan fingerprint density at radius 2 is 1.88 bits per heavy atom. The highest BCUT2D eigenvalue weighted by Gasteiger charge is 2.29. The molecule has 1 aliphatic carbocycles. The van der Waals surface area contributed by atoms with Crippen molar-refractivity contribution in [1.82, 2.24) is 5.32 Å². The first-order chi connectivity index (χ1) is 8.05. The summed E-state index contributed by atoms with van der Waals surface area (Å²) in [7, 11) is 0. The SMILES string of the molecule is CC(C)(C)C1CCC(CC2=CCNC=C2)CC1. The third-order valence-electron chi connectivity index (χ3n) is 4.49. The van der Waals surface area contributed by atoms with E-state index in [0.29, 0.717) is 5.41 Å². The zero-order valence-electron chi connectivity index (χ0n) is 11.6. The van der Waals surface area contributed by atoms with Crippen molar-refractivity contribution in [2.24, 2.45) is 17.3 Å². The predicted octanol–water partition coefficient (Wildman–Crippen LogP) is 4.27. The number of allylic oxidation sites excluding steroid dienone is 2. The van der Waals surface area contributed by atoms with Gasteiger partial charge in [-0.25, -0.2) is 0 Å². The molecule has 0 amide bonds. The minimum absolute atomic E-state index is 0.513. The molecule has 1 N–H and O–H groups in total. The van der Waals surface area contributed by atoms with E-state index in [2.05, 4.69) is 44.4 Å². The van der Waals surface area contributed by atoms with Gasteiger partial charge < -0.3 is 5.32 Å². The molecular weight excluding hydrogens is 206 g/mol. The van der Waals surface area contributed by atoms with Crippen LogP contribution in [0.4, 0.5) is 0 Å². The zero-order chi connectivity index (χ0) is 12.3. The van der Waals surface area contributed by atoms with Crippen LogP contribution in [0, 0.1) is 17.3 Å². The molecule has 2 rings (SSSR count). The molecule has 0 radical (unpaired) electrons. The lowest BCUT2D eigenvalue weighted by Crippen LogP contribution is -2.26. The maximum Gasteiger partial charge on any atom is 0.0331 e. The molecule has 0 spiro atoms. The third kappa shape index (κ3) is 3.62. The van der Waals surface area contributed by atoms with Crippen LogP contribution in [0.5, 0.6) is 0 Å². The van der Waals surface area contributed by atoms with Gasteiger partial charge in [-0.1, -0.05) is 26.8 Å². The Bertz CT molecular complexity index is 298. The molecule has 1 saturated carbocycles. The second-order valence-electron chi connectivity index (χ2n) is 6.81. The Balaban J connectivity index is 1.79. The third-order valence-corrected chi connectivity index (χ3v) is 4.49. The van der Waals surface area contributed by atoms with E-state index in [-0.39, 0.29) is 0 Å². The zero-order valence-corrected chi connectivity index (χ0v) is 11.6. The molecule has 1 fully saturated rings. The van der Waals surface area contributed by atoms with Gasteiger partial charge in [-0.15, -0.1) is 0 Å². The summed E-state index contributed by atoms with van der Waals surface area (Å²) >= 11 is 0. The van der Waals surface area contributed by atoms with Crippen LogP contribution < -0.4 is 5.32 Å². The fourth-order valence-electron chi connectivity index (χ4n) is 3.21. The van der Waals surface area contributed by atoms with Crippen molar-refractivity contribution in [2.45, 2.75) is 52.9 Å². The molecule has 0 aromatic rings. The van der Waals surface area contributed by atoms with E-state index in [0.717, 1.165) is 18.4 Å². The van der Waals surface area contributed by atoms with E-state index in [1.54, 1.807) is 5.57 Å². The molecule has 0 atom stereocenters. The van der Waals surface area contributed by atoms with Gasteiger partial charge in [0.1, 0.15) is 0 Å². The molecular formula is C16H27N. The van der Waals surface area contributed by atoms with Gasteiger partial charge in [0.15, 0.2) is 0 Å². The average molecular weight is 233 g/mol. The van der Waals surface area contributed by atoms with E-state index in [4.69, 9.17) is 0 Å². The standard InChI is InChI=1S/C16H27N/c1-16(2,3)15-6-4-13(5-7-15)12-14-8-10-17-11-9-14/h8-10,13,15,17H,4-7,11-12H2,1-3H3. The van der Waals surface area contributed by atoms with Crippen LogP contribution >= 0.6 is 0 Å². The van der Waals surface area contributed by atoms with Crippen LogP contribution in [0.3, 0.4) is 0 Å². The smallest absolute Gasteiger partial charge is 0.0331 e. The van der Waals surface area contributed by atoms with Gasteiger partial charge >= 0.3 is 0 Å². The molecule has 0 unspecified atom stereocenters. The van der Waals surface area contributed by atoms with E-state index in [9.17, 15) is 0 Å². The van der Waals surface area contributed by atoms with Gasteiger partial charge in [0.25, 0.3) is 0 Å². The van der Waals surface area contributed by atoms with Crippen molar-refractivity contribution in [3.05, 3.63) is 23.9 Å². The fraction of sp³-hybridized carbons (Fsp3) is 0.750. The number of rotatable bonds is 2. The molecule has 0 bridgehead atoms. The van der Waals surface area contributed by atoms with Crippen LogP contribution in [-0.4, -0.2) is 6.54 Å². The summed E-state index contributed by atoms with van der Waals surface area (Å²) in [5.41, 5.74) is 2.06. The summed E-state index contributed by atoms with van der Waals surface area (Å²) in [4.78, 5) is 0. The van der Waals surface area contributed by atoms with Crippen molar-refractivity contribution < 1.29 is 0 Å². The largest absolute Gasteiger partial charge is 0.387 e. The fourth-order valence-corrected chi connectivity index (χ4v) is 3.21. The van der Waals surface area contributed by atoms with Crippen molar-refractivity contribution >= 4 is 0 Å². The molecule has 0 aromatic heterocycles. The first-order valence-corrected chi connectivity index (χ1v) is 7.14. The normalized spacial score (nSPS) is 29.7. The van der Waals surface area contributed by atoms with Gasteiger partial charge in [-0.05, 0) is 67.2 Å². The average Bonchev–Trinajstić information content (AvgIpc) is 2.30. The van der Waals surface area contributed by atoms with E-state index in [1.165, 1.54) is 32.1 Å². The van der Waals surface area contributed by atoms with Crippen molar-refractivity contribution in [3.63, 3.8) is 0 Å². The van der Waals surface area contributed by atoms with Crippen LogP contribution in [0.25, 0.3) is 0 Å². The van der Waals surface area contributed by atoms with Gasteiger partial charge in [0.05, 0.1) is 0 Å².